The van der Waals surface area contributed by atoms with E-state index < -0.39 is 5.41 Å². The lowest BCUT2D eigenvalue weighted by molar-refractivity contribution is -0.145. The Hall–Kier alpha value is -3.08. The number of H-pyrrole nitrogens is 1. The number of hydrogen-bond donors (Lipinski definition) is 1. The molecule has 2 amide bonds. The van der Waals surface area contributed by atoms with Gasteiger partial charge in [0.05, 0.1) is 6.54 Å². The van der Waals surface area contributed by atoms with E-state index in [4.69, 9.17) is 0 Å². The highest BCUT2D eigenvalue weighted by molar-refractivity contribution is 5.87. The molecule has 5 heteroatoms. The first kappa shape index (κ1) is 24.6. The fourth-order valence-electron chi connectivity index (χ4n) is 4.06. The van der Waals surface area contributed by atoms with Gasteiger partial charge in [0.15, 0.2) is 0 Å². The van der Waals surface area contributed by atoms with Crippen molar-refractivity contribution < 1.29 is 9.59 Å². The van der Waals surface area contributed by atoms with Crippen molar-refractivity contribution in [2.75, 3.05) is 19.6 Å². The summed E-state index contributed by atoms with van der Waals surface area (Å²) < 4.78 is 0. The van der Waals surface area contributed by atoms with E-state index in [9.17, 15) is 9.59 Å². The van der Waals surface area contributed by atoms with E-state index in [1.165, 1.54) is 16.5 Å². The molecule has 3 aromatic rings. The molecule has 1 heterocycles. The molecule has 33 heavy (non-hydrogen) atoms. The lowest BCUT2D eigenvalue weighted by Crippen LogP contribution is -2.47. The van der Waals surface area contributed by atoms with Gasteiger partial charge in [-0.05, 0) is 37.0 Å². The number of benzene rings is 2. The van der Waals surface area contributed by atoms with Crippen LogP contribution < -0.4 is 0 Å². The molecule has 2 aromatic carbocycles. The summed E-state index contributed by atoms with van der Waals surface area (Å²) in [5, 5.41) is 1.19. The van der Waals surface area contributed by atoms with E-state index in [2.05, 4.69) is 48.3 Å². The standard InChI is InChI=1S/C28H37N3O2/c1-6-16-31(27(33)28(3,4)5)20-26(32)30(19-22-13-11-21(2)12-14-22)17-15-23-18-29-25-10-8-7-9-24(23)25/h7-14,18,29H,6,15-17,19-20H2,1-5H3. The molecule has 0 spiro atoms. The summed E-state index contributed by atoms with van der Waals surface area (Å²) in [7, 11) is 0. The molecule has 1 N–H and O–H groups in total. The topological polar surface area (TPSA) is 56.4 Å². The van der Waals surface area contributed by atoms with Gasteiger partial charge >= 0.3 is 0 Å². The van der Waals surface area contributed by atoms with E-state index in [0.29, 0.717) is 19.6 Å². The van der Waals surface area contributed by atoms with Crippen molar-refractivity contribution in [2.45, 2.75) is 54.0 Å². The smallest absolute Gasteiger partial charge is 0.242 e. The van der Waals surface area contributed by atoms with Gasteiger partial charge in [0.25, 0.3) is 0 Å². The minimum absolute atomic E-state index is 0.0125. The SMILES string of the molecule is CCCN(CC(=O)N(CCc1c[nH]c2ccccc12)Cc1ccc(C)cc1)C(=O)C(C)(C)C. The minimum atomic E-state index is -0.513. The molecule has 1 aromatic heterocycles. The van der Waals surface area contributed by atoms with E-state index in [0.717, 1.165) is 23.9 Å². The zero-order valence-corrected chi connectivity index (χ0v) is 20.6. The van der Waals surface area contributed by atoms with Crippen molar-refractivity contribution >= 4 is 22.7 Å². The van der Waals surface area contributed by atoms with Gasteiger partial charge in [-0.15, -0.1) is 0 Å². The predicted molar refractivity (Wildman–Crippen MR) is 135 cm³/mol. The third-order valence-electron chi connectivity index (χ3n) is 5.92. The highest BCUT2D eigenvalue weighted by Gasteiger charge is 2.29. The van der Waals surface area contributed by atoms with Gasteiger partial charge in [-0.1, -0.05) is 75.7 Å². The molecule has 5 nitrogen and oxygen atoms in total. The number of aromatic nitrogens is 1. The second-order valence-corrected chi connectivity index (χ2v) is 9.89. The fraction of sp³-hybridized carbons (Fsp3) is 0.429. The lowest BCUT2D eigenvalue weighted by atomic mass is 9.94. The van der Waals surface area contributed by atoms with Gasteiger partial charge in [-0.3, -0.25) is 9.59 Å². The number of rotatable bonds is 9. The molecule has 0 saturated carbocycles. The first-order valence-corrected chi connectivity index (χ1v) is 11.9. The predicted octanol–water partition coefficient (Wildman–Crippen LogP) is 5.33. The maximum absolute atomic E-state index is 13.5. The number of hydrogen-bond acceptors (Lipinski definition) is 2. The Bertz CT molecular complexity index is 1080. The molecular weight excluding hydrogens is 410 g/mol. The lowest BCUT2D eigenvalue weighted by Gasteiger charge is -2.31. The number of aryl methyl sites for hydroxylation is 1. The molecule has 0 saturated heterocycles. The maximum Gasteiger partial charge on any atom is 0.242 e. The third kappa shape index (κ3) is 6.47. The Labute approximate surface area is 197 Å². The molecular formula is C28H37N3O2. The van der Waals surface area contributed by atoms with Gasteiger partial charge < -0.3 is 14.8 Å². The highest BCUT2D eigenvalue weighted by atomic mass is 16.2. The van der Waals surface area contributed by atoms with Crippen LogP contribution in [-0.2, 0) is 22.6 Å². The number of amides is 2. The summed E-state index contributed by atoms with van der Waals surface area (Å²) in [6.07, 6.45) is 3.61. The molecule has 0 radical (unpaired) electrons. The molecule has 0 aliphatic heterocycles. The number of fused-ring (bicyclic) bond motifs is 1. The summed E-state index contributed by atoms with van der Waals surface area (Å²) in [5.74, 6) is 0.00563. The molecule has 3 rings (SSSR count). The summed E-state index contributed by atoms with van der Waals surface area (Å²) in [4.78, 5) is 33.4. The molecule has 0 aliphatic carbocycles. The van der Waals surface area contributed by atoms with Gasteiger partial charge in [-0.25, -0.2) is 0 Å². The highest BCUT2D eigenvalue weighted by Crippen LogP contribution is 2.20. The van der Waals surface area contributed by atoms with Gasteiger partial charge in [0.2, 0.25) is 11.8 Å². The van der Waals surface area contributed by atoms with Crippen LogP contribution in [0, 0.1) is 12.3 Å². The first-order valence-electron chi connectivity index (χ1n) is 11.9. The van der Waals surface area contributed by atoms with Crippen LogP contribution in [0.5, 0.6) is 0 Å². The molecule has 0 atom stereocenters. The summed E-state index contributed by atoms with van der Waals surface area (Å²) in [6.45, 7) is 11.6. The van der Waals surface area contributed by atoms with Crippen molar-refractivity contribution in [1.82, 2.24) is 14.8 Å². The van der Waals surface area contributed by atoms with Crippen LogP contribution in [0.2, 0.25) is 0 Å². The van der Waals surface area contributed by atoms with E-state index in [1.54, 1.807) is 4.90 Å². The van der Waals surface area contributed by atoms with Crippen LogP contribution in [0.15, 0.2) is 54.7 Å². The van der Waals surface area contributed by atoms with Crippen molar-refractivity contribution in [3.05, 3.63) is 71.4 Å². The van der Waals surface area contributed by atoms with Gasteiger partial charge in [-0.2, -0.15) is 0 Å². The van der Waals surface area contributed by atoms with Crippen LogP contribution in [0.1, 0.15) is 50.8 Å². The number of aromatic amines is 1. The fourth-order valence-corrected chi connectivity index (χ4v) is 4.06. The van der Waals surface area contributed by atoms with Gasteiger partial charge in [0.1, 0.15) is 0 Å². The van der Waals surface area contributed by atoms with Crippen molar-refractivity contribution in [2.24, 2.45) is 5.41 Å². The molecule has 0 aliphatic rings. The Morgan fingerprint density at radius 2 is 1.64 bits per heavy atom. The zero-order chi connectivity index (χ0) is 24.0. The number of nitrogens with one attached hydrogen (secondary N) is 1. The molecule has 0 fully saturated rings. The average molecular weight is 448 g/mol. The third-order valence-corrected chi connectivity index (χ3v) is 5.92. The Balaban J connectivity index is 1.79. The summed E-state index contributed by atoms with van der Waals surface area (Å²) in [5.41, 5.74) is 4.08. The van der Waals surface area contributed by atoms with Crippen LogP contribution in [0.3, 0.4) is 0 Å². The number of carbonyl (C=O) groups is 2. The zero-order valence-electron chi connectivity index (χ0n) is 20.6. The van der Waals surface area contributed by atoms with Gasteiger partial charge in [0, 0.05) is 42.1 Å². The van der Waals surface area contributed by atoms with E-state index in [1.807, 2.05) is 50.9 Å². The van der Waals surface area contributed by atoms with E-state index in [-0.39, 0.29) is 18.4 Å². The van der Waals surface area contributed by atoms with Crippen LogP contribution >= 0.6 is 0 Å². The van der Waals surface area contributed by atoms with Crippen molar-refractivity contribution in [3.8, 4) is 0 Å². The number of nitrogens with zero attached hydrogens (tertiary/aromatic N) is 2. The second-order valence-electron chi connectivity index (χ2n) is 9.89. The number of carbonyl (C=O) groups excluding carboxylic acids is 2. The minimum Gasteiger partial charge on any atom is -0.361 e. The summed E-state index contributed by atoms with van der Waals surface area (Å²) >= 11 is 0. The first-order chi connectivity index (χ1) is 15.7. The largest absolute Gasteiger partial charge is 0.361 e. The Kier molecular flexibility index (Phi) is 7.96. The Morgan fingerprint density at radius 1 is 0.939 bits per heavy atom. The van der Waals surface area contributed by atoms with Crippen LogP contribution in [0.4, 0.5) is 0 Å². The monoisotopic (exact) mass is 447 g/mol. The molecule has 0 unspecified atom stereocenters. The molecule has 0 bridgehead atoms. The maximum atomic E-state index is 13.5. The van der Waals surface area contributed by atoms with Crippen LogP contribution in [-0.4, -0.2) is 46.2 Å². The van der Waals surface area contributed by atoms with Crippen molar-refractivity contribution in [1.29, 1.82) is 0 Å². The van der Waals surface area contributed by atoms with Crippen LogP contribution in [0.25, 0.3) is 10.9 Å². The Morgan fingerprint density at radius 3 is 2.30 bits per heavy atom. The summed E-state index contributed by atoms with van der Waals surface area (Å²) in [6, 6.07) is 16.5. The molecule has 176 valence electrons. The quantitative estimate of drug-likeness (QED) is 0.482. The normalized spacial score (nSPS) is 11.5. The second kappa shape index (κ2) is 10.7. The number of para-hydroxylation sites is 1. The van der Waals surface area contributed by atoms with Crippen molar-refractivity contribution in [3.63, 3.8) is 0 Å². The average Bonchev–Trinajstić information content (AvgIpc) is 3.19. The van der Waals surface area contributed by atoms with E-state index >= 15 is 0 Å².